The maximum atomic E-state index is 6.01. The fraction of sp³-hybridized carbons (Fsp3) is 0.250. The van der Waals surface area contributed by atoms with E-state index < -0.39 is 0 Å². The number of ether oxygens (including phenoxy) is 2. The minimum absolute atomic E-state index is 0.316. The van der Waals surface area contributed by atoms with Gasteiger partial charge in [0, 0.05) is 12.3 Å². The van der Waals surface area contributed by atoms with Crippen molar-refractivity contribution in [3.05, 3.63) is 82.9 Å². The van der Waals surface area contributed by atoms with Crippen molar-refractivity contribution < 1.29 is 18.5 Å². The van der Waals surface area contributed by atoms with Gasteiger partial charge >= 0.3 is 0 Å². The van der Waals surface area contributed by atoms with E-state index in [4.69, 9.17) is 18.5 Å². The molecule has 0 aromatic heterocycles. The monoisotopic (exact) mass is 442 g/mol. The Labute approximate surface area is 182 Å². The van der Waals surface area contributed by atoms with E-state index >= 15 is 0 Å². The fourth-order valence-electron chi connectivity index (χ4n) is 3.00. The van der Waals surface area contributed by atoms with Crippen LogP contribution in [-0.2, 0) is 12.3 Å². The van der Waals surface area contributed by atoms with E-state index in [9.17, 15) is 0 Å². The molecular formula is C24H28O4P2. The van der Waals surface area contributed by atoms with Crippen molar-refractivity contribution in [3.63, 3.8) is 0 Å². The largest absolute Gasteiger partial charge is 0.493 e. The predicted octanol–water partition coefficient (Wildman–Crippen LogP) is 6.67. The van der Waals surface area contributed by atoms with Crippen LogP contribution < -0.4 is 18.5 Å². The summed E-state index contributed by atoms with van der Waals surface area (Å²) in [5.74, 6) is 3.13. The first-order valence-corrected chi connectivity index (χ1v) is 12.0. The summed E-state index contributed by atoms with van der Waals surface area (Å²) in [5, 5.41) is 0. The molecule has 2 atom stereocenters. The minimum atomic E-state index is 0.316. The maximum absolute atomic E-state index is 6.01. The second-order valence-electron chi connectivity index (χ2n) is 6.92. The lowest BCUT2D eigenvalue weighted by Crippen LogP contribution is -1.93. The third kappa shape index (κ3) is 6.11. The van der Waals surface area contributed by atoms with Crippen LogP contribution >= 0.6 is 17.6 Å². The van der Waals surface area contributed by atoms with Crippen LogP contribution in [0.5, 0.6) is 23.0 Å². The highest BCUT2D eigenvalue weighted by Gasteiger charge is 2.08. The third-order valence-electron chi connectivity index (χ3n) is 4.65. The molecule has 0 radical (unpaired) electrons. The molecule has 6 heteroatoms. The quantitative estimate of drug-likeness (QED) is 0.329. The Morgan fingerprint density at radius 1 is 0.600 bits per heavy atom. The lowest BCUT2D eigenvalue weighted by Gasteiger charge is -2.14. The van der Waals surface area contributed by atoms with Crippen molar-refractivity contribution >= 4 is 17.6 Å². The lowest BCUT2D eigenvalue weighted by atomic mass is 10.1. The Kier molecular flexibility index (Phi) is 8.37. The third-order valence-corrected chi connectivity index (χ3v) is 6.43. The number of methoxy groups -OCH3 is 2. The number of benzene rings is 3. The van der Waals surface area contributed by atoms with Crippen molar-refractivity contribution in [2.24, 2.45) is 0 Å². The van der Waals surface area contributed by atoms with Crippen molar-refractivity contribution in [2.75, 3.05) is 14.2 Å². The van der Waals surface area contributed by atoms with Crippen LogP contribution in [0.25, 0.3) is 0 Å². The Bertz CT molecular complexity index is 897. The SMILES string of the molecule is COc1cc(C)ccc1OPCc1ccccc1CPOc1ccc(C)cc1OC. The molecule has 0 bridgehead atoms. The Morgan fingerprint density at radius 2 is 1.03 bits per heavy atom. The molecule has 30 heavy (non-hydrogen) atoms. The molecular weight excluding hydrogens is 414 g/mol. The summed E-state index contributed by atoms with van der Waals surface area (Å²) < 4.78 is 22.9. The highest BCUT2D eigenvalue weighted by molar-refractivity contribution is 7.32. The van der Waals surface area contributed by atoms with Crippen molar-refractivity contribution in [2.45, 2.75) is 26.2 Å². The van der Waals surface area contributed by atoms with Gasteiger partial charge in [-0.25, -0.2) is 0 Å². The number of aryl methyl sites for hydroxylation is 2. The van der Waals surface area contributed by atoms with E-state index in [1.807, 2.05) is 50.2 Å². The van der Waals surface area contributed by atoms with Gasteiger partial charge in [-0.2, -0.15) is 0 Å². The zero-order valence-corrected chi connectivity index (χ0v) is 19.8. The molecule has 4 nitrogen and oxygen atoms in total. The summed E-state index contributed by atoms with van der Waals surface area (Å²) in [4.78, 5) is 0. The van der Waals surface area contributed by atoms with E-state index in [0.717, 1.165) is 46.4 Å². The van der Waals surface area contributed by atoms with Crippen molar-refractivity contribution in [3.8, 4) is 23.0 Å². The standard InChI is InChI=1S/C24H28O4P2/c1-17-9-11-21(23(13-17)25-3)27-29-15-19-7-5-6-8-20(19)16-30-28-22-12-10-18(2)14-24(22)26-4/h5-14,29-30H,15-16H2,1-4H3. The van der Waals surface area contributed by atoms with Crippen LogP contribution in [0.4, 0.5) is 0 Å². The first-order chi connectivity index (χ1) is 14.6. The molecule has 0 fully saturated rings. The molecule has 3 aromatic rings. The fourth-order valence-corrected chi connectivity index (χ4v) is 4.80. The molecule has 2 unspecified atom stereocenters. The molecule has 0 saturated carbocycles. The summed E-state index contributed by atoms with van der Waals surface area (Å²) >= 11 is 0. The normalized spacial score (nSPS) is 11.3. The zero-order valence-electron chi connectivity index (χ0n) is 17.8. The van der Waals surface area contributed by atoms with Crippen LogP contribution in [0.15, 0.2) is 60.7 Å². The molecule has 0 aliphatic carbocycles. The molecule has 0 heterocycles. The van der Waals surface area contributed by atoms with Crippen LogP contribution in [0.3, 0.4) is 0 Å². The molecule has 3 aromatic carbocycles. The first kappa shape index (κ1) is 22.4. The van der Waals surface area contributed by atoms with Gasteiger partial charge in [-0.3, -0.25) is 0 Å². The van der Waals surface area contributed by atoms with Crippen molar-refractivity contribution in [1.29, 1.82) is 0 Å². The molecule has 158 valence electrons. The van der Waals surface area contributed by atoms with Gasteiger partial charge in [0.05, 0.1) is 31.8 Å². The molecule has 0 N–H and O–H groups in total. The topological polar surface area (TPSA) is 36.9 Å². The maximum Gasteiger partial charge on any atom is 0.164 e. The summed E-state index contributed by atoms with van der Waals surface area (Å²) in [6.45, 7) is 4.08. The summed E-state index contributed by atoms with van der Waals surface area (Å²) in [5.41, 5.74) is 4.88. The van der Waals surface area contributed by atoms with Gasteiger partial charge in [0.2, 0.25) is 0 Å². The van der Waals surface area contributed by atoms with Crippen molar-refractivity contribution in [1.82, 2.24) is 0 Å². The van der Waals surface area contributed by atoms with E-state index in [1.54, 1.807) is 14.2 Å². The number of rotatable bonds is 10. The molecule has 0 spiro atoms. The second kappa shape index (κ2) is 11.2. The van der Waals surface area contributed by atoms with E-state index in [-0.39, 0.29) is 0 Å². The first-order valence-electron chi connectivity index (χ1n) is 9.76. The van der Waals surface area contributed by atoms with Gasteiger partial charge in [-0.1, -0.05) is 36.4 Å². The van der Waals surface area contributed by atoms with Crippen LogP contribution in [-0.4, -0.2) is 14.2 Å². The number of hydrogen-bond acceptors (Lipinski definition) is 4. The Balaban J connectivity index is 1.57. The van der Waals surface area contributed by atoms with E-state index in [2.05, 4.69) is 24.3 Å². The van der Waals surface area contributed by atoms with Gasteiger partial charge in [0.15, 0.2) is 23.0 Å². The molecule has 0 aliphatic rings. The average Bonchev–Trinajstić information content (AvgIpc) is 2.76. The number of hydrogen-bond donors (Lipinski definition) is 0. The Morgan fingerprint density at radius 3 is 1.43 bits per heavy atom. The summed E-state index contributed by atoms with van der Waals surface area (Å²) in [7, 11) is 3.97. The van der Waals surface area contributed by atoms with E-state index in [0.29, 0.717) is 17.6 Å². The molecule has 0 aliphatic heterocycles. The molecule has 0 saturated heterocycles. The predicted molar refractivity (Wildman–Crippen MR) is 127 cm³/mol. The lowest BCUT2D eigenvalue weighted by molar-refractivity contribution is 0.398. The van der Waals surface area contributed by atoms with Crippen LogP contribution in [0.1, 0.15) is 22.3 Å². The highest BCUT2D eigenvalue weighted by atomic mass is 31.1. The average molecular weight is 442 g/mol. The Hall–Kier alpha value is -2.28. The summed E-state index contributed by atoms with van der Waals surface area (Å²) in [6.07, 6.45) is 1.71. The zero-order chi connectivity index (χ0) is 21.3. The molecule has 3 rings (SSSR count). The van der Waals surface area contributed by atoms with Crippen LogP contribution in [0.2, 0.25) is 0 Å². The minimum Gasteiger partial charge on any atom is -0.493 e. The highest BCUT2D eigenvalue weighted by Crippen LogP contribution is 2.36. The van der Waals surface area contributed by atoms with Crippen LogP contribution in [0, 0.1) is 13.8 Å². The second-order valence-corrected chi connectivity index (χ2v) is 8.62. The van der Waals surface area contributed by atoms with Gasteiger partial charge in [-0.05, 0) is 60.4 Å². The summed E-state index contributed by atoms with van der Waals surface area (Å²) in [6, 6.07) is 20.5. The van der Waals surface area contributed by atoms with Gasteiger partial charge < -0.3 is 18.5 Å². The van der Waals surface area contributed by atoms with Gasteiger partial charge in [0.1, 0.15) is 0 Å². The van der Waals surface area contributed by atoms with E-state index in [1.165, 1.54) is 11.1 Å². The van der Waals surface area contributed by atoms with Gasteiger partial charge in [0.25, 0.3) is 0 Å². The smallest absolute Gasteiger partial charge is 0.164 e. The van der Waals surface area contributed by atoms with Gasteiger partial charge in [-0.15, -0.1) is 0 Å². The molecule has 0 amide bonds.